The molecule has 0 aliphatic carbocycles. The van der Waals surface area contributed by atoms with E-state index in [1.165, 1.54) is 47.4 Å². The van der Waals surface area contributed by atoms with Crippen molar-refractivity contribution in [3.05, 3.63) is 209 Å². The van der Waals surface area contributed by atoms with Crippen LogP contribution in [0.25, 0.3) is 0 Å². The van der Waals surface area contributed by atoms with Gasteiger partial charge >= 0.3 is 30.9 Å². The third kappa shape index (κ3) is 21.5. The van der Waals surface area contributed by atoms with Crippen molar-refractivity contribution in [1.82, 2.24) is 80.0 Å². The van der Waals surface area contributed by atoms with Gasteiger partial charge in [0.25, 0.3) is 23.6 Å². The first-order chi connectivity index (χ1) is 60.3. The zero-order chi connectivity index (χ0) is 91.2. The Labute approximate surface area is 720 Å². The molecule has 8 amide bonds. The molecule has 0 atom stereocenters. The summed E-state index contributed by atoms with van der Waals surface area (Å²) in [6.07, 6.45) is -17.1. The molecule has 127 heavy (non-hydrogen) atoms. The van der Waals surface area contributed by atoms with Gasteiger partial charge in [0.05, 0.1) is 53.3 Å². The zero-order valence-electron chi connectivity index (χ0n) is 70.0. The van der Waals surface area contributed by atoms with Crippen molar-refractivity contribution in [3.63, 3.8) is 0 Å². The van der Waals surface area contributed by atoms with E-state index in [1.807, 2.05) is 6.92 Å². The molecular formula is C88H97F15N16O8. The maximum atomic E-state index is 13.4. The number of rotatable bonds is 12. The van der Waals surface area contributed by atoms with Crippen LogP contribution in [0.15, 0.2) is 97.1 Å². The lowest BCUT2D eigenvalue weighted by Crippen LogP contribution is -2.40. The molecule has 4 saturated heterocycles. The summed E-state index contributed by atoms with van der Waals surface area (Å²) in [5.41, 5.74) is 5.45. The smallest absolute Gasteiger partial charge is 0.338 e. The van der Waals surface area contributed by atoms with Crippen LogP contribution in [0.1, 0.15) is 259 Å². The minimum Gasteiger partial charge on any atom is -0.338 e. The Morgan fingerprint density at radius 1 is 0.299 bits per heavy atom. The Balaban J connectivity index is 0.000000145. The highest BCUT2D eigenvalue weighted by Crippen LogP contribution is 2.45. The minimum absolute atomic E-state index is 0.0159. The fourth-order valence-electron chi connectivity index (χ4n) is 18.3. The van der Waals surface area contributed by atoms with E-state index >= 15 is 0 Å². The summed E-state index contributed by atoms with van der Waals surface area (Å²) in [6.45, 7) is 10.8. The van der Waals surface area contributed by atoms with Crippen molar-refractivity contribution >= 4 is 47.3 Å². The highest BCUT2D eigenvalue weighted by atomic mass is 19.4. The summed E-state index contributed by atoms with van der Waals surface area (Å²) >= 11 is 0. The number of fused-ring (bicyclic) bond motifs is 4. The van der Waals surface area contributed by atoms with Gasteiger partial charge in [0, 0.05) is 144 Å². The molecule has 682 valence electrons. The number of aromatic amines is 4. The molecule has 4 aromatic heterocycles. The Morgan fingerprint density at radius 3 is 0.890 bits per heavy atom. The summed E-state index contributed by atoms with van der Waals surface area (Å²) in [4.78, 5) is 113. The number of nitrogens with zero attached hydrogens (tertiary/aromatic N) is 12. The number of aromatic nitrogens is 8. The van der Waals surface area contributed by atoms with E-state index in [4.69, 9.17) is 0 Å². The zero-order valence-corrected chi connectivity index (χ0v) is 70.0. The van der Waals surface area contributed by atoms with E-state index in [0.29, 0.717) is 220 Å². The molecule has 12 heterocycles. The number of halogens is 15. The Bertz CT molecular complexity index is 5290. The van der Waals surface area contributed by atoms with Gasteiger partial charge in [0.1, 0.15) is 6.42 Å². The molecule has 8 aromatic rings. The van der Waals surface area contributed by atoms with Crippen molar-refractivity contribution in [3.8, 4) is 0 Å². The van der Waals surface area contributed by atoms with Gasteiger partial charge in [-0.3, -0.25) is 58.8 Å². The van der Waals surface area contributed by atoms with Crippen LogP contribution in [0, 0.1) is 0 Å². The normalized spacial score (nSPS) is 17.6. The first-order valence-electron chi connectivity index (χ1n) is 42.6. The van der Waals surface area contributed by atoms with Crippen molar-refractivity contribution in [2.45, 2.75) is 211 Å². The predicted molar refractivity (Wildman–Crippen MR) is 429 cm³/mol. The number of amides is 8. The second kappa shape index (κ2) is 38.9. The van der Waals surface area contributed by atoms with E-state index in [9.17, 15) is 104 Å². The van der Waals surface area contributed by atoms with E-state index in [0.717, 1.165) is 62.9 Å². The minimum atomic E-state index is -4.63. The molecule has 0 unspecified atom stereocenters. The van der Waals surface area contributed by atoms with Crippen LogP contribution in [0.5, 0.6) is 0 Å². The third-order valence-electron chi connectivity index (χ3n) is 25.1. The van der Waals surface area contributed by atoms with Crippen molar-refractivity contribution in [2.24, 2.45) is 0 Å². The number of H-pyrrole nitrogens is 4. The maximum absolute atomic E-state index is 13.4. The topological polar surface area (TPSA) is 277 Å². The third-order valence-corrected chi connectivity index (χ3v) is 25.1. The van der Waals surface area contributed by atoms with Crippen LogP contribution in [0.3, 0.4) is 0 Å². The van der Waals surface area contributed by atoms with Crippen molar-refractivity contribution in [1.29, 1.82) is 0 Å². The van der Waals surface area contributed by atoms with Gasteiger partial charge in [-0.15, -0.1) is 0 Å². The van der Waals surface area contributed by atoms with E-state index in [1.54, 1.807) is 73.6 Å². The molecule has 0 radical (unpaired) electrons. The number of hydrogen-bond donors (Lipinski definition) is 4. The van der Waals surface area contributed by atoms with Crippen molar-refractivity contribution < 1.29 is 104 Å². The summed E-state index contributed by atoms with van der Waals surface area (Å²) < 4.78 is 198. The average molecular weight is 1790 g/mol. The Morgan fingerprint density at radius 2 is 0.559 bits per heavy atom. The number of piperidine rings is 4. The molecule has 24 nitrogen and oxygen atoms in total. The maximum Gasteiger partial charge on any atom is 0.416 e. The van der Waals surface area contributed by atoms with E-state index in [2.05, 4.69) is 40.8 Å². The van der Waals surface area contributed by atoms with Crippen LogP contribution < -0.4 is 0 Å². The first-order valence-corrected chi connectivity index (χ1v) is 42.6. The molecule has 0 saturated carbocycles. The number of hydrogen-bond acceptors (Lipinski definition) is 12. The molecule has 16 rings (SSSR count). The number of benzene rings is 4. The van der Waals surface area contributed by atoms with E-state index < -0.39 is 71.4 Å². The molecule has 4 aromatic carbocycles. The number of carbonyl (C=O) groups excluding carboxylic acids is 8. The van der Waals surface area contributed by atoms with Gasteiger partial charge in [0.15, 0.2) is 22.8 Å². The second-order valence-electron chi connectivity index (χ2n) is 32.9. The summed E-state index contributed by atoms with van der Waals surface area (Å²) in [5.74, 6) is -3.13. The number of carbonyl (C=O) groups is 8. The van der Waals surface area contributed by atoms with Crippen LogP contribution >= 0.6 is 0 Å². The van der Waals surface area contributed by atoms with Gasteiger partial charge in [-0.05, 0) is 141 Å². The van der Waals surface area contributed by atoms with Gasteiger partial charge < -0.3 is 39.2 Å². The largest absolute Gasteiger partial charge is 0.416 e. The lowest BCUT2D eigenvalue weighted by atomic mass is 9.86. The lowest BCUT2D eigenvalue weighted by molar-refractivity contribution is -0.162. The predicted octanol–water partition coefficient (Wildman–Crippen LogP) is 15.9. The molecule has 0 spiro atoms. The van der Waals surface area contributed by atoms with Gasteiger partial charge in [-0.2, -0.15) is 86.3 Å². The fraction of sp³-hybridized carbons (Fsp3) is 0.500. The molecule has 0 bridgehead atoms. The highest BCUT2D eigenvalue weighted by Gasteiger charge is 2.44. The monoisotopic (exact) mass is 1790 g/mol. The molecule has 8 aliphatic heterocycles. The summed E-state index contributed by atoms with van der Waals surface area (Å²) in [6, 6.07) is 22.5. The molecule has 39 heteroatoms. The summed E-state index contributed by atoms with van der Waals surface area (Å²) in [5, 5.41) is 28.1. The van der Waals surface area contributed by atoms with Gasteiger partial charge in [-0.1, -0.05) is 93.6 Å². The van der Waals surface area contributed by atoms with E-state index in [-0.39, 0.29) is 96.6 Å². The fourth-order valence-corrected chi connectivity index (χ4v) is 18.3. The SMILES string of the molecule is CCC(=O)N1CCc2[nH]nc(C(=O)N3CCC(c4ccccc4C(F)(F)F)CC3)c2C1.CCC(=O)N1CCc2c(C(=O)N3CCC(c4ccccc4C(F)(F)F)CC3)n[nH]c2C1.CCC(=O)N1Cc2[nH]nc(C(=O)N3CCC(c4ccccc4C(F)(F)F)CC3)c2C1.O=C(CC(F)(F)F)N1CCCc2[nH]nc(C(=O)N3CCC(c4ccccc4C(F)(F)F)CC3)c2C1. The number of nitrogens with one attached hydrogen (secondary N) is 4. The standard InChI is InChI=1S/C23H24F6N4O2.2C22H25F3N4O2.C21H23F3N4O2/c24-22(25,26)12-19(34)33-9-3-6-18-16(13-33)20(31-30-18)21(35)32-10-7-14(8-11-32)15-4-1-2-5-17(15)23(27,28)29;1-2-19(30)29-12-9-18-16(13-29)20(27-26-18)21(31)28-10-7-14(8-11-28)15-5-3-4-6-17(15)22(23,24)25;1-2-19(30)29-12-9-16-18(13-29)26-27-20(16)21(31)28-10-7-14(8-11-28)15-5-3-4-6-17(15)22(23,24)25;1-2-18(29)28-11-15-17(12-28)25-26-19(15)20(30)27-9-7-13(8-10-27)14-5-3-4-6-16(14)21(22,23)24/h1-2,4-5,14H,3,6-13H2,(H,30,31);2*3-6,14H,2,7-13H2,1H3,(H,26,27);3-6,13H,2,7-12H2,1H3,(H,25,26). The van der Waals surface area contributed by atoms with Crippen LogP contribution in [0.4, 0.5) is 65.9 Å². The summed E-state index contributed by atoms with van der Waals surface area (Å²) in [7, 11) is 0. The van der Waals surface area contributed by atoms with Gasteiger partial charge in [-0.25, -0.2) is 0 Å². The Hall–Kier alpha value is -11.6. The van der Waals surface area contributed by atoms with Gasteiger partial charge in [0.2, 0.25) is 23.6 Å². The highest BCUT2D eigenvalue weighted by molar-refractivity contribution is 5.97. The quantitative estimate of drug-likeness (QED) is 0.0831. The number of aryl methyl sites for hydroxylation is 1. The lowest BCUT2D eigenvalue weighted by Gasteiger charge is -2.33. The van der Waals surface area contributed by atoms with Crippen LogP contribution in [-0.4, -0.2) is 205 Å². The molecule has 4 N–H and O–H groups in total. The Kier molecular flexibility index (Phi) is 28.5. The average Bonchev–Trinajstić information content (AvgIpc) is 1.18. The van der Waals surface area contributed by atoms with Crippen LogP contribution in [-0.2, 0) is 95.9 Å². The van der Waals surface area contributed by atoms with Crippen molar-refractivity contribution in [2.75, 3.05) is 72.0 Å². The first kappa shape index (κ1) is 93.1. The second-order valence-corrected chi connectivity index (χ2v) is 32.9. The number of likely N-dealkylation sites (tertiary alicyclic amines) is 4. The molecule has 4 fully saturated rings. The number of alkyl halides is 15. The molecule has 8 aliphatic rings. The molecular weight excluding hydrogens is 1690 g/mol. The van der Waals surface area contributed by atoms with Crippen LogP contribution in [0.2, 0.25) is 0 Å².